The molecule has 3 aromatic heterocycles. The molecular weight excluding hydrogens is 348 g/mol. The van der Waals surface area contributed by atoms with Gasteiger partial charge in [0.15, 0.2) is 4.34 Å². The zero-order chi connectivity index (χ0) is 16.9. The number of nitrogens with one attached hydrogen (secondary N) is 1. The SMILES string of the molecule is Cc1nnc(SCC(=O)N[C@H](C)c2nc(-c3ccncc3)no2)s1. The molecule has 3 rings (SSSR count). The first-order chi connectivity index (χ1) is 11.6. The molecule has 1 amide bonds. The maximum absolute atomic E-state index is 12.0. The van der Waals surface area contributed by atoms with Crippen LogP contribution in [0, 0.1) is 6.92 Å². The number of amides is 1. The summed E-state index contributed by atoms with van der Waals surface area (Å²) in [7, 11) is 0. The van der Waals surface area contributed by atoms with E-state index in [1.807, 2.05) is 6.92 Å². The van der Waals surface area contributed by atoms with Crippen molar-refractivity contribution in [3.05, 3.63) is 35.4 Å². The number of nitrogens with zero attached hydrogens (tertiary/aromatic N) is 5. The molecule has 0 aliphatic rings. The van der Waals surface area contributed by atoms with Crippen molar-refractivity contribution in [3.63, 3.8) is 0 Å². The molecule has 0 aliphatic carbocycles. The summed E-state index contributed by atoms with van der Waals surface area (Å²) in [5.74, 6) is 0.938. The Morgan fingerprint density at radius 1 is 1.38 bits per heavy atom. The van der Waals surface area contributed by atoms with E-state index in [2.05, 4.69) is 30.6 Å². The molecule has 1 atom stereocenters. The number of aryl methyl sites for hydroxylation is 1. The normalized spacial score (nSPS) is 12.1. The molecule has 3 heterocycles. The zero-order valence-corrected chi connectivity index (χ0v) is 14.6. The van der Waals surface area contributed by atoms with Crippen LogP contribution >= 0.6 is 23.1 Å². The highest BCUT2D eigenvalue weighted by Gasteiger charge is 2.17. The number of hydrogen-bond acceptors (Lipinski definition) is 9. The molecule has 0 spiro atoms. The van der Waals surface area contributed by atoms with Crippen molar-refractivity contribution in [2.45, 2.75) is 24.2 Å². The van der Waals surface area contributed by atoms with Crippen LogP contribution < -0.4 is 5.32 Å². The lowest BCUT2D eigenvalue weighted by atomic mass is 10.2. The van der Waals surface area contributed by atoms with Crippen LogP contribution in [-0.2, 0) is 4.79 Å². The van der Waals surface area contributed by atoms with Gasteiger partial charge in [0.2, 0.25) is 17.6 Å². The van der Waals surface area contributed by atoms with E-state index in [9.17, 15) is 4.79 Å². The van der Waals surface area contributed by atoms with Crippen LogP contribution in [0.25, 0.3) is 11.4 Å². The highest BCUT2D eigenvalue weighted by molar-refractivity contribution is 8.01. The highest BCUT2D eigenvalue weighted by Crippen LogP contribution is 2.22. The van der Waals surface area contributed by atoms with E-state index in [4.69, 9.17) is 4.52 Å². The lowest BCUT2D eigenvalue weighted by Gasteiger charge is -2.08. The highest BCUT2D eigenvalue weighted by atomic mass is 32.2. The van der Waals surface area contributed by atoms with E-state index in [1.165, 1.54) is 23.1 Å². The van der Waals surface area contributed by atoms with Gasteiger partial charge in [0.1, 0.15) is 11.0 Å². The lowest BCUT2D eigenvalue weighted by molar-refractivity contribution is -0.119. The van der Waals surface area contributed by atoms with Crippen LogP contribution in [0.1, 0.15) is 23.9 Å². The summed E-state index contributed by atoms with van der Waals surface area (Å²) < 4.78 is 6.00. The van der Waals surface area contributed by atoms with Crippen molar-refractivity contribution in [1.29, 1.82) is 0 Å². The number of pyridine rings is 1. The number of aromatic nitrogens is 5. The van der Waals surface area contributed by atoms with Crippen LogP contribution in [0.5, 0.6) is 0 Å². The summed E-state index contributed by atoms with van der Waals surface area (Å²) in [4.78, 5) is 20.3. The minimum atomic E-state index is -0.377. The molecule has 0 radical (unpaired) electrons. The zero-order valence-electron chi connectivity index (χ0n) is 13.0. The van der Waals surface area contributed by atoms with E-state index in [1.54, 1.807) is 31.5 Å². The smallest absolute Gasteiger partial charge is 0.249 e. The fourth-order valence-corrected chi connectivity index (χ4v) is 3.46. The Hall–Kier alpha value is -2.33. The van der Waals surface area contributed by atoms with Crippen molar-refractivity contribution >= 4 is 29.0 Å². The molecule has 0 aliphatic heterocycles. The molecule has 0 unspecified atom stereocenters. The van der Waals surface area contributed by atoms with Gasteiger partial charge in [-0.05, 0) is 26.0 Å². The van der Waals surface area contributed by atoms with Crippen molar-refractivity contribution in [3.8, 4) is 11.4 Å². The van der Waals surface area contributed by atoms with Crippen molar-refractivity contribution in [2.24, 2.45) is 0 Å². The third-order valence-electron chi connectivity index (χ3n) is 2.96. The molecule has 0 bridgehead atoms. The van der Waals surface area contributed by atoms with E-state index >= 15 is 0 Å². The Balaban J connectivity index is 1.55. The van der Waals surface area contributed by atoms with Crippen LogP contribution in [-0.4, -0.2) is 37.0 Å². The van der Waals surface area contributed by atoms with Crippen molar-refractivity contribution in [2.75, 3.05) is 5.75 Å². The average Bonchev–Trinajstić information content (AvgIpc) is 3.23. The Morgan fingerprint density at radius 2 is 2.17 bits per heavy atom. The number of carbonyl (C=O) groups excluding carboxylic acids is 1. The third kappa shape index (κ3) is 4.15. The summed E-state index contributed by atoms with van der Waals surface area (Å²) in [6, 6.07) is 3.20. The quantitative estimate of drug-likeness (QED) is 0.666. The first-order valence-corrected chi connectivity index (χ1v) is 8.88. The summed E-state index contributed by atoms with van der Waals surface area (Å²) in [6.07, 6.45) is 3.31. The van der Waals surface area contributed by atoms with Crippen LogP contribution in [0.4, 0.5) is 0 Å². The molecular formula is C14H14N6O2S2. The molecule has 0 aromatic carbocycles. The van der Waals surface area contributed by atoms with Gasteiger partial charge in [-0.15, -0.1) is 10.2 Å². The molecule has 0 fully saturated rings. The van der Waals surface area contributed by atoms with Gasteiger partial charge < -0.3 is 9.84 Å². The first kappa shape index (κ1) is 16.5. The fraction of sp³-hybridized carbons (Fsp3) is 0.286. The topological polar surface area (TPSA) is 107 Å². The second-order valence-electron chi connectivity index (χ2n) is 4.86. The molecule has 0 saturated heterocycles. The molecule has 8 nitrogen and oxygen atoms in total. The standard InChI is InChI=1S/C14H14N6O2S2/c1-8(16-11(21)7-23-14-19-18-9(2)24-14)13-17-12(20-22-13)10-3-5-15-6-4-10/h3-6,8H,7H2,1-2H3,(H,16,21)/t8-/m1/s1. The second kappa shape index (κ2) is 7.49. The predicted octanol–water partition coefficient (Wildman–Crippen LogP) is 2.26. The largest absolute Gasteiger partial charge is 0.344 e. The molecule has 3 aromatic rings. The first-order valence-electron chi connectivity index (χ1n) is 7.08. The fourth-order valence-electron chi connectivity index (χ4n) is 1.84. The van der Waals surface area contributed by atoms with Crippen molar-refractivity contribution < 1.29 is 9.32 Å². The number of thioether (sulfide) groups is 1. The Kier molecular flexibility index (Phi) is 5.16. The average molecular weight is 362 g/mol. The van der Waals surface area contributed by atoms with Gasteiger partial charge in [0.25, 0.3) is 0 Å². The van der Waals surface area contributed by atoms with Gasteiger partial charge in [-0.3, -0.25) is 9.78 Å². The molecule has 10 heteroatoms. The van der Waals surface area contributed by atoms with Gasteiger partial charge in [-0.25, -0.2) is 0 Å². The number of hydrogen-bond donors (Lipinski definition) is 1. The van der Waals surface area contributed by atoms with E-state index in [0.717, 1.165) is 14.9 Å². The maximum atomic E-state index is 12.0. The second-order valence-corrected chi connectivity index (χ2v) is 7.26. The van der Waals surface area contributed by atoms with Crippen LogP contribution in [0.2, 0.25) is 0 Å². The van der Waals surface area contributed by atoms with Crippen LogP contribution in [0.15, 0.2) is 33.4 Å². The predicted molar refractivity (Wildman–Crippen MR) is 89.5 cm³/mol. The Bertz CT molecular complexity index is 820. The van der Waals surface area contributed by atoms with Gasteiger partial charge >= 0.3 is 0 Å². The van der Waals surface area contributed by atoms with E-state index < -0.39 is 0 Å². The monoisotopic (exact) mass is 362 g/mol. The molecule has 124 valence electrons. The minimum absolute atomic E-state index is 0.135. The van der Waals surface area contributed by atoms with Gasteiger partial charge in [0.05, 0.1) is 5.75 Å². The van der Waals surface area contributed by atoms with Crippen LogP contribution in [0.3, 0.4) is 0 Å². The Morgan fingerprint density at radius 3 is 2.88 bits per heavy atom. The van der Waals surface area contributed by atoms with Gasteiger partial charge in [-0.1, -0.05) is 28.3 Å². The van der Waals surface area contributed by atoms with E-state index in [-0.39, 0.29) is 17.7 Å². The molecule has 1 N–H and O–H groups in total. The minimum Gasteiger partial charge on any atom is -0.344 e. The van der Waals surface area contributed by atoms with E-state index in [0.29, 0.717) is 11.7 Å². The maximum Gasteiger partial charge on any atom is 0.249 e. The Labute approximate surface area is 146 Å². The summed E-state index contributed by atoms with van der Waals surface area (Å²) in [5, 5.41) is 15.5. The summed E-state index contributed by atoms with van der Waals surface area (Å²) >= 11 is 2.81. The molecule has 0 saturated carbocycles. The van der Waals surface area contributed by atoms with Gasteiger partial charge in [0, 0.05) is 18.0 Å². The summed E-state index contributed by atoms with van der Waals surface area (Å²) in [6.45, 7) is 3.67. The summed E-state index contributed by atoms with van der Waals surface area (Å²) in [5.41, 5.74) is 0.806. The van der Waals surface area contributed by atoms with Gasteiger partial charge in [-0.2, -0.15) is 4.98 Å². The number of rotatable bonds is 6. The molecule has 24 heavy (non-hydrogen) atoms. The lowest BCUT2D eigenvalue weighted by Crippen LogP contribution is -2.28. The number of carbonyl (C=O) groups is 1. The third-order valence-corrected chi connectivity index (χ3v) is 4.93. The van der Waals surface area contributed by atoms with Crippen molar-refractivity contribution in [1.82, 2.24) is 30.6 Å².